The van der Waals surface area contributed by atoms with Gasteiger partial charge in [0.1, 0.15) is 6.04 Å². The molecule has 0 spiro atoms. The van der Waals surface area contributed by atoms with Crippen molar-refractivity contribution in [3.8, 4) is 11.3 Å². The maximum Gasteiger partial charge on any atom is 0.435 e. The Labute approximate surface area is 239 Å². The normalized spacial score (nSPS) is 23.5. The molecule has 11 nitrogen and oxygen atoms in total. The van der Waals surface area contributed by atoms with Crippen LogP contribution >= 0.6 is 11.6 Å². The van der Waals surface area contributed by atoms with E-state index >= 15 is 0 Å². The number of nitrogens with two attached hydrogens (primary N) is 1. The van der Waals surface area contributed by atoms with E-state index in [0.29, 0.717) is 29.6 Å². The van der Waals surface area contributed by atoms with E-state index in [1.54, 1.807) is 4.90 Å². The number of nitrogens with zero attached hydrogens (tertiary/aromatic N) is 5. The van der Waals surface area contributed by atoms with Crippen LogP contribution in [0.3, 0.4) is 0 Å². The molecule has 4 N–H and O–H groups in total. The van der Waals surface area contributed by atoms with Crippen LogP contribution in [-0.2, 0) is 18.0 Å². The number of halogens is 6. The first kappa shape index (κ1) is 29.4. The maximum atomic E-state index is 13.7. The van der Waals surface area contributed by atoms with Gasteiger partial charge in [-0.2, -0.15) is 18.3 Å². The molecule has 3 fully saturated rings. The Balaban J connectivity index is 0.00000113. The van der Waals surface area contributed by atoms with Gasteiger partial charge in [-0.1, -0.05) is 11.6 Å². The van der Waals surface area contributed by atoms with Crippen molar-refractivity contribution in [2.24, 2.45) is 24.6 Å². The molecule has 42 heavy (non-hydrogen) atoms. The fraction of sp³-hybridized carbons (Fsp3) is 0.400. The highest BCUT2D eigenvalue weighted by molar-refractivity contribution is 6.34. The number of aromatic nitrogens is 4. The SMILES string of the molecule is Cn1c(-c2cn(C3CC3(F)F)nc2C(F)(F)F)cnc1C(=O)Nc1ccc(C(=O)N2CC3C(N)C3C2)c(Cl)c1.O=CO. The molecular formula is C25H23ClF5N7O4. The maximum absolute atomic E-state index is 13.7. The van der Waals surface area contributed by atoms with Crippen molar-refractivity contribution in [2.75, 3.05) is 18.4 Å². The number of likely N-dealkylation sites (tertiary alicyclic amines) is 1. The monoisotopic (exact) mass is 615 g/mol. The molecule has 1 saturated heterocycles. The molecule has 2 aromatic heterocycles. The van der Waals surface area contributed by atoms with E-state index in [1.807, 2.05) is 0 Å². The number of carbonyl (C=O) groups excluding carboxylic acids is 2. The van der Waals surface area contributed by atoms with E-state index in [9.17, 15) is 31.5 Å². The molecule has 224 valence electrons. The zero-order valence-electron chi connectivity index (χ0n) is 21.6. The van der Waals surface area contributed by atoms with Crippen LogP contribution in [0.1, 0.15) is 39.1 Å². The quantitative estimate of drug-likeness (QED) is 0.294. The average Bonchev–Trinajstić information content (AvgIpc) is 3.41. The van der Waals surface area contributed by atoms with Crippen LogP contribution in [-0.4, -0.2) is 72.7 Å². The van der Waals surface area contributed by atoms with Gasteiger partial charge in [-0.3, -0.25) is 19.1 Å². The molecule has 3 unspecified atom stereocenters. The third-order valence-corrected chi connectivity index (χ3v) is 7.90. The molecule has 3 aliphatic rings. The van der Waals surface area contributed by atoms with Gasteiger partial charge in [0.05, 0.1) is 28.0 Å². The first-order chi connectivity index (χ1) is 19.7. The molecule has 3 atom stereocenters. The number of fused-ring (bicyclic) bond motifs is 1. The highest BCUT2D eigenvalue weighted by Crippen LogP contribution is 2.53. The molecule has 2 amide bonds. The van der Waals surface area contributed by atoms with Crippen molar-refractivity contribution < 1.29 is 41.4 Å². The number of rotatable bonds is 5. The molecule has 6 rings (SSSR count). The summed E-state index contributed by atoms with van der Waals surface area (Å²) in [6.07, 6.45) is -3.60. The first-order valence-corrected chi connectivity index (χ1v) is 12.9. The Bertz CT molecular complexity index is 1560. The van der Waals surface area contributed by atoms with Crippen molar-refractivity contribution in [3.05, 3.63) is 52.7 Å². The summed E-state index contributed by atoms with van der Waals surface area (Å²) in [5.74, 6) is -3.76. The summed E-state index contributed by atoms with van der Waals surface area (Å²) in [5.41, 5.74) is 4.45. The van der Waals surface area contributed by atoms with Gasteiger partial charge in [-0.05, 0) is 30.0 Å². The first-order valence-electron chi connectivity index (χ1n) is 12.5. The highest BCUT2D eigenvalue weighted by atomic mass is 35.5. The summed E-state index contributed by atoms with van der Waals surface area (Å²) < 4.78 is 69.6. The Morgan fingerprint density at radius 2 is 1.86 bits per heavy atom. The van der Waals surface area contributed by atoms with Gasteiger partial charge in [0.15, 0.2) is 11.5 Å². The van der Waals surface area contributed by atoms with E-state index in [4.69, 9.17) is 27.2 Å². The summed E-state index contributed by atoms with van der Waals surface area (Å²) in [6, 6.07) is 3.02. The van der Waals surface area contributed by atoms with Gasteiger partial charge < -0.3 is 25.6 Å². The molecule has 2 aliphatic carbocycles. The second-order valence-electron chi connectivity index (χ2n) is 10.2. The Hall–Kier alpha value is -4.05. The van der Waals surface area contributed by atoms with Crippen LogP contribution in [0.25, 0.3) is 11.3 Å². The molecular weight excluding hydrogens is 593 g/mol. The zero-order chi connectivity index (χ0) is 30.7. The Kier molecular flexibility index (Phi) is 7.25. The van der Waals surface area contributed by atoms with Gasteiger partial charge in [-0.25, -0.2) is 13.8 Å². The van der Waals surface area contributed by atoms with E-state index < -0.39 is 41.7 Å². The molecule has 3 aromatic rings. The summed E-state index contributed by atoms with van der Waals surface area (Å²) in [5, 5.41) is 12.9. The van der Waals surface area contributed by atoms with Gasteiger partial charge in [0.25, 0.3) is 24.2 Å². The van der Waals surface area contributed by atoms with Crippen molar-refractivity contribution >= 4 is 35.6 Å². The number of amides is 2. The van der Waals surface area contributed by atoms with Crippen molar-refractivity contribution in [1.82, 2.24) is 24.2 Å². The number of piperidine rings is 1. The lowest BCUT2D eigenvalue weighted by atomic mass is 10.1. The Morgan fingerprint density at radius 1 is 1.24 bits per heavy atom. The number of alkyl halides is 5. The third-order valence-electron chi connectivity index (χ3n) is 7.58. The number of benzene rings is 1. The third kappa shape index (κ3) is 5.31. The molecule has 1 aromatic carbocycles. The lowest BCUT2D eigenvalue weighted by Gasteiger charge is -2.20. The molecule has 3 heterocycles. The molecule has 0 bridgehead atoms. The number of nitrogens with one attached hydrogen (secondary N) is 1. The van der Waals surface area contributed by atoms with Crippen LogP contribution < -0.4 is 11.1 Å². The van der Waals surface area contributed by atoms with Crippen molar-refractivity contribution in [1.29, 1.82) is 0 Å². The highest BCUT2D eigenvalue weighted by Gasteiger charge is 2.59. The largest absolute Gasteiger partial charge is 0.483 e. The zero-order valence-corrected chi connectivity index (χ0v) is 22.4. The predicted molar refractivity (Wildman–Crippen MR) is 137 cm³/mol. The standard InChI is InChI=1S/C24H21ClF5N7O2.CH2O2/c1-35-16(14-9-37(17-5-23(17,26)27)34-19(14)24(28,29)30)6-32-20(35)21(38)33-10-2-3-11(15(25)4-10)22(39)36-7-12-13(8-36)18(12)31;2-1-3/h2-4,6,9,12-13,17-18H,5,7-8,31H2,1H3,(H,33,38);1H,(H,2,3). The van der Waals surface area contributed by atoms with Crippen molar-refractivity contribution in [2.45, 2.75) is 30.6 Å². The second kappa shape index (κ2) is 10.3. The summed E-state index contributed by atoms with van der Waals surface area (Å²) in [6.45, 7) is 0.887. The minimum atomic E-state index is -4.92. The fourth-order valence-electron chi connectivity index (χ4n) is 5.17. The van der Waals surface area contributed by atoms with E-state index in [2.05, 4.69) is 15.4 Å². The van der Waals surface area contributed by atoms with Crippen molar-refractivity contribution in [3.63, 3.8) is 0 Å². The number of imidazole rings is 1. The summed E-state index contributed by atoms with van der Waals surface area (Å²) in [7, 11) is 1.32. The minimum Gasteiger partial charge on any atom is -0.483 e. The van der Waals surface area contributed by atoms with Gasteiger partial charge in [-0.15, -0.1) is 0 Å². The van der Waals surface area contributed by atoms with E-state index in [0.717, 1.165) is 17.0 Å². The number of hydrogen-bond acceptors (Lipinski definition) is 6. The summed E-state index contributed by atoms with van der Waals surface area (Å²) >= 11 is 6.32. The van der Waals surface area contributed by atoms with Gasteiger partial charge in [0.2, 0.25) is 0 Å². The molecule has 2 saturated carbocycles. The van der Waals surface area contributed by atoms with Crippen LogP contribution in [0.2, 0.25) is 5.02 Å². The van der Waals surface area contributed by atoms with Crippen LogP contribution in [0, 0.1) is 11.8 Å². The molecule has 0 radical (unpaired) electrons. The molecule has 1 aliphatic heterocycles. The Morgan fingerprint density at radius 3 is 2.40 bits per heavy atom. The van der Waals surface area contributed by atoms with E-state index in [-0.39, 0.29) is 46.2 Å². The molecule has 17 heteroatoms. The fourth-order valence-corrected chi connectivity index (χ4v) is 5.43. The number of carbonyl (C=O) groups is 3. The predicted octanol–water partition coefficient (Wildman–Crippen LogP) is 3.52. The number of anilines is 1. The van der Waals surface area contributed by atoms with Gasteiger partial charge >= 0.3 is 6.18 Å². The van der Waals surface area contributed by atoms with Gasteiger partial charge in [0, 0.05) is 44.5 Å². The number of hydrogen-bond donors (Lipinski definition) is 3. The lowest BCUT2D eigenvalue weighted by Crippen LogP contribution is -2.34. The number of carboxylic acid groups (broad SMARTS) is 1. The summed E-state index contributed by atoms with van der Waals surface area (Å²) in [4.78, 5) is 39.7. The van der Waals surface area contributed by atoms with E-state index in [1.165, 1.54) is 25.2 Å². The van der Waals surface area contributed by atoms with Crippen LogP contribution in [0.5, 0.6) is 0 Å². The average molecular weight is 616 g/mol. The van der Waals surface area contributed by atoms with Crippen LogP contribution in [0.15, 0.2) is 30.6 Å². The topological polar surface area (TPSA) is 148 Å². The second-order valence-corrected chi connectivity index (χ2v) is 10.7. The minimum absolute atomic E-state index is 0.113. The van der Waals surface area contributed by atoms with Crippen LogP contribution in [0.4, 0.5) is 27.6 Å². The lowest BCUT2D eigenvalue weighted by molar-refractivity contribution is -0.141. The smallest absolute Gasteiger partial charge is 0.435 e.